The van der Waals surface area contributed by atoms with Crippen LogP contribution < -0.4 is 10.1 Å². The Kier molecular flexibility index (Phi) is 5.11. The number of alkyl halides is 3. The molecule has 6 heteroatoms. The summed E-state index contributed by atoms with van der Waals surface area (Å²) in [5, 5.41) is 3.35. The number of hydrogen-bond acceptors (Lipinski definition) is 3. The minimum Gasteiger partial charge on any atom is -0.490 e. The van der Waals surface area contributed by atoms with E-state index in [0.717, 1.165) is 57.7 Å². The van der Waals surface area contributed by atoms with Crippen LogP contribution in [0.3, 0.4) is 0 Å². The highest BCUT2D eigenvalue weighted by Gasteiger charge is 2.35. The van der Waals surface area contributed by atoms with E-state index in [1.165, 1.54) is 12.1 Å². The van der Waals surface area contributed by atoms with Crippen molar-refractivity contribution in [2.45, 2.75) is 31.5 Å². The molecular formula is C17H22F3NO2. The van der Waals surface area contributed by atoms with E-state index in [2.05, 4.69) is 5.32 Å². The zero-order valence-electron chi connectivity index (χ0n) is 12.9. The molecule has 0 saturated carbocycles. The van der Waals surface area contributed by atoms with E-state index in [4.69, 9.17) is 9.47 Å². The summed E-state index contributed by atoms with van der Waals surface area (Å²) in [7, 11) is 0. The van der Waals surface area contributed by atoms with Gasteiger partial charge in [-0.15, -0.1) is 0 Å². The first-order valence-electron chi connectivity index (χ1n) is 8.16. The predicted octanol–water partition coefficient (Wildman–Crippen LogP) is 3.49. The Labute approximate surface area is 134 Å². The lowest BCUT2D eigenvalue weighted by Gasteiger charge is -2.34. The van der Waals surface area contributed by atoms with Gasteiger partial charge in [-0.2, -0.15) is 13.2 Å². The van der Waals surface area contributed by atoms with Crippen molar-refractivity contribution in [3.63, 3.8) is 0 Å². The molecule has 0 aliphatic carbocycles. The van der Waals surface area contributed by atoms with Gasteiger partial charge in [-0.1, -0.05) is 0 Å². The quantitative estimate of drug-likeness (QED) is 0.917. The Hall–Kier alpha value is -1.27. The van der Waals surface area contributed by atoms with Gasteiger partial charge in [0.1, 0.15) is 11.9 Å². The van der Waals surface area contributed by atoms with Crippen LogP contribution in [0.5, 0.6) is 5.75 Å². The molecule has 1 N–H and O–H groups in total. The molecule has 1 aromatic carbocycles. The Morgan fingerprint density at radius 2 is 1.74 bits per heavy atom. The molecule has 0 amide bonds. The van der Waals surface area contributed by atoms with Crippen LogP contribution in [0.15, 0.2) is 24.3 Å². The molecule has 3 rings (SSSR count). The minimum atomic E-state index is -4.31. The van der Waals surface area contributed by atoms with Gasteiger partial charge in [0, 0.05) is 31.6 Å². The molecule has 0 radical (unpaired) electrons. The van der Waals surface area contributed by atoms with Gasteiger partial charge in [0.2, 0.25) is 0 Å². The highest BCUT2D eigenvalue weighted by Crippen LogP contribution is 2.33. The molecule has 0 unspecified atom stereocenters. The van der Waals surface area contributed by atoms with Gasteiger partial charge in [0.25, 0.3) is 0 Å². The van der Waals surface area contributed by atoms with Crippen LogP contribution in [-0.4, -0.2) is 32.4 Å². The van der Waals surface area contributed by atoms with Crippen molar-refractivity contribution in [2.75, 3.05) is 26.3 Å². The zero-order valence-corrected chi connectivity index (χ0v) is 12.9. The molecule has 3 nitrogen and oxygen atoms in total. The lowest BCUT2D eigenvalue weighted by molar-refractivity contribution is -0.137. The largest absolute Gasteiger partial charge is 0.490 e. The summed E-state index contributed by atoms with van der Waals surface area (Å²) >= 11 is 0. The molecule has 2 saturated heterocycles. The van der Waals surface area contributed by atoms with Crippen LogP contribution in [0.4, 0.5) is 13.2 Å². The second-order valence-corrected chi connectivity index (χ2v) is 6.31. The van der Waals surface area contributed by atoms with Crippen molar-refractivity contribution in [3.8, 4) is 5.75 Å². The first-order valence-corrected chi connectivity index (χ1v) is 8.16. The van der Waals surface area contributed by atoms with E-state index in [9.17, 15) is 13.2 Å². The van der Waals surface area contributed by atoms with Crippen LogP contribution in [0.1, 0.15) is 24.8 Å². The van der Waals surface area contributed by atoms with Crippen molar-refractivity contribution in [1.29, 1.82) is 0 Å². The Balaban J connectivity index is 1.72. The molecule has 2 aliphatic rings. The summed E-state index contributed by atoms with van der Waals surface area (Å²) in [5.74, 6) is 1.32. The Morgan fingerprint density at radius 3 is 2.30 bits per heavy atom. The number of nitrogens with one attached hydrogen (secondary N) is 1. The molecule has 0 bridgehead atoms. The highest BCUT2D eigenvalue weighted by atomic mass is 19.4. The van der Waals surface area contributed by atoms with E-state index in [1.54, 1.807) is 0 Å². The average Bonchev–Trinajstić information content (AvgIpc) is 3.07. The third-order valence-electron chi connectivity index (χ3n) is 4.75. The smallest absolute Gasteiger partial charge is 0.416 e. The van der Waals surface area contributed by atoms with Crippen LogP contribution >= 0.6 is 0 Å². The van der Waals surface area contributed by atoms with Crippen molar-refractivity contribution < 1.29 is 22.6 Å². The minimum absolute atomic E-state index is 0.0330. The van der Waals surface area contributed by atoms with E-state index >= 15 is 0 Å². The molecule has 2 heterocycles. The van der Waals surface area contributed by atoms with Crippen LogP contribution in [0, 0.1) is 11.8 Å². The van der Waals surface area contributed by atoms with Crippen molar-refractivity contribution in [2.24, 2.45) is 11.8 Å². The Morgan fingerprint density at radius 1 is 1.04 bits per heavy atom. The van der Waals surface area contributed by atoms with E-state index < -0.39 is 11.7 Å². The van der Waals surface area contributed by atoms with Crippen LogP contribution in [0.25, 0.3) is 0 Å². The second kappa shape index (κ2) is 7.09. The van der Waals surface area contributed by atoms with Gasteiger partial charge in [-0.25, -0.2) is 0 Å². The summed E-state index contributed by atoms with van der Waals surface area (Å²) in [6, 6.07) is 5.03. The SMILES string of the molecule is FC(F)(F)c1ccc(O[C@@H](C2CCOCC2)[C@H]2CCNC2)cc1. The number of ether oxygens (including phenoxy) is 2. The van der Waals surface area contributed by atoms with Gasteiger partial charge >= 0.3 is 6.18 Å². The van der Waals surface area contributed by atoms with Crippen molar-refractivity contribution >= 4 is 0 Å². The molecule has 2 atom stereocenters. The maximum atomic E-state index is 12.7. The van der Waals surface area contributed by atoms with Gasteiger partial charge in [-0.3, -0.25) is 0 Å². The third-order valence-corrected chi connectivity index (χ3v) is 4.75. The van der Waals surface area contributed by atoms with Crippen molar-refractivity contribution in [3.05, 3.63) is 29.8 Å². The Bertz CT molecular complexity index is 492. The lowest BCUT2D eigenvalue weighted by Crippen LogP contribution is -2.39. The first-order chi connectivity index (χ1) is 11.0. The monoisotopic (exact) mass is 329 g/mol. The summed E-state index contributed by atoms with van der Waals surface area (Å²) < 4.78 is 49.5. The summed E-state index contributed by atoms with van der Waals surface area (Å²) in [6.07, 6.45) is -1.34. The fraction of sp³-hybridized carbons (Fsp3) is 0.647. The molecule has 1 aromatic rings. The third kappa shape index (κ3) is 4.18. The summed E-state index contributed by atoms with van der Waals surface area (Å²) in [6.45, 7) is 3.35. The molecular weight excluding hydrogens is 307 g/mol. The fourth-order valence-corrected chi connectivity index (χ4v) is 3.46. The summed E-state index contributed by atoms with van der Waals surface area (Å²) in [5.41, 5.74) is -0.644. The first kappa shape index (κ1) is 16.6. The maximum absolute atomic E-state index is 12.7. The molecule has 2 fully saturated rings. The predicted molar refractivity (Wildman–Crippen MR) is 80.4 cm³/mol. The normalized spacial score (nSPS) is 24.6. The van der Waals surface area contributed by atoms with Gasteiger partial charge in [0.05, 0.1) is 5.56 Å². The van der Waals surface area contributed by atoms with E-state index in [0.29, 0.717) is 17.6 Å². The molecule has 0 aromatic heterocycles. The zero-order chi connectivity index (χ0) is 16.3. The van der Waals surface area contributed by atoms with Gasteiger partial charge < -0.3 is 14.8 Å². The summed E-state index contributed by atoms with van der Waals surface area (Å²) in [4.78, 5) is 0. The number of rotatable bonds is 4. The van der Waals surface area contributed by atoms with E-state index in [1.807, 2.05) is 0 Å². The lowest BCUT2D eigenvalue weighted by atomic mass is 9.85. The number of hydrogen-bond donors (Lipinski definition) is 1. The number of benzene rings is 1. The van der Waals surface area contributed by atoms with E-state index in [-0.39, 0.29) is 6.10 Å². The molecule has 23 heavy (non-hydrogen) atoms. The topological polar surface area (TPSA) is 30.5 Å². The fourth-order valence-electron chi connectivity index (χ4n) is 3.46. The van der Waals surface area contributed by atoms with Crippen LogP contribution in [0.2, 0.25) is 0 Å². The van der Waals surface area contributed by atoms with Crippen LogP contribution in [-0.2, 0) is 10.9 Å². The standard InChI is InChI=1S/C17H22F3NO2/c18-17(19,20)14-1-3-15(4-2-14)23-16(13-5-8-21-11-13)12-6-9-22-10-7-12/h1-4,12-13,16,21H,5-11H2/t13-,16-/m0/s1. The van der Waals surface area contributed by atoms with Crippen molar-refractivity contribution in [1.82, 2.24) is 5.32 Å². The van der Waals surface area contributed by atoms with Gasteiger partial charge in [-0.05, 0) is 50.1 Å². The average molecular weight is 329 g/mol. The van der Waals surface area contributed by atoms with Gasteiger partial charge in [0.15, 0.2) is 0 Å². The maximum Gasteiger partial charge on any atom is 0.416 e. The molecule has 128 valence electrons. The molecule has 0 spiro atoms. The number of halogens is 3. The second-order valence-electron chi connectivity index (χ2n) is 6.31. The highest BCUT2D eigenvalue weighted by molar-refractivity contribution is 5.29. The molecule has 2 aliphatic heterocycles.